The van der Waals surface area contributed by atoms with Crippen LogP contribution in [0.3, 0.4) is 0 Å². The van der Waals surface area contributed by atoms with E-state index in [4.69, 9.17) is 9.72 Å². The van der Waals surface area contributed by atoms with Gasteiger partial charge in [0, 0.05) is 43.3 Å². The summed E-state index contributed by atoms with van der Waals surface area (Å²) in [7, 11) is 0. The third-order valence-electron chi connectivity index (χ3n) is 8.15. The zero-order valence-electron chi connectivity index (χ0n) is 26.2. The molecule has 11 heteroatoms. The molecule has 2 aliphatic heterocycles. The second kappa shape index (κ2) is 11.7. The molecule has 0 N–H and O–H groups in total. The summed E-state index contributed by atoms with van der Waals surface area (Å²) in [6, 6.07) is 8.16. The van der Waals surface area contributed by atoms with Crippen LogP contribution < -0.4 is 4.90 Å². The third kappa shape index (κ3) is 6.87. The van der Waals surface area contributed by atoms with Gasteiger partial charge in [0.25, 0.3) is 0 Å². The Hall–Kier alpha value is -3.86. The summed E-state index contributed by atoms with van der Waals surface area (Å²) >= 11 is 0. The average molecular weight is 592 g/mol. The first-order valence-corrected chi connectivity index (χ1v) is 14.8. The molecule has 0 saturated carbocycles. The number of halogens is 1. The van der Waals surface area contributed by atoms with Crippen molar-refractivity contribution in [3.05, 3.63) is 71.3 Å². The summed E-state index contributed by atoms with van der Waals surface area (Å²) in [5.41, 5.74) is 2.72. The number of rotatable bonds is 6. The molecule has 0 radical (unpaired) electrons. The molecule has 1 fully saturated rings. The highest BCUT2D eigenvalue weighted by atomic mass is 19.1. The van der Waals surface area contributed by atoms with Gasteiger partial charge in [-0.05, 0) is 70.4 Å². The molecule has 230 valence electrons. The van der Waals surface area contributed by atoms with Crippen molar-refractivity contribution >= 4 is 17.7 Å². The topological polar surface area (TPSA) is 96.7 Å². The first kappa shape index (κ1) is 30.6. The zero-order chi connectivity index (χ0) is 31.1. The number of amides is 2. The van der Waals surface area contributed by atoms with Gasteiger partial charge in [-0.2, -0.15) is 5.10 Å². The van der Waals surface area contributed by atoms with Crippen LogP contribution in [0.15, 0.2) is 42.9 Å². The summed E-state index contributed by atoms with van der Waals surface area (Å²) in [4.78, 5) is 42.0. The summed E-state index contributed by atoms with van der Waals surface area (Å²) in [5, 5.41) is 4.37. The number of piperazine rings is 1. The average Bonchev–Trinajstić information content (AvgIpc) is 3.44. The first-order chi connectivity index (χ1) is 20.2. The Bertz CT molecular complexity index is 1480. The molecule has 5 rings (SSSR count). The lowest BCUT2D eigenvalue weighted by Crippen LogP contribution is -2.62. The highest BCUT2D eigenvalue weighted by molar-refractivity contribution is 5.97. The summed E-state index contributed by atoms with van der Waals surface area (Å²) in [6.45, 7) is 15.7. The predicted octanol–water partition coefficient (Wildman–Crippen LogP) is 4.35. The van der Waals surface area contributed by atoms with Gasteiger partial charge in [0.15, 0.2) is 0 Å². The summed E-state index contributed by atoms with van der Waals surface area (Å²) in [6.07, 6.45) is 3.60. The van der Waals surface area contributed by atoms with Crippen LogP contribution >= 0.6 is 0 Å². The van der Waals surface area contributed by atoms with Crippen LogP contribution in [0.5, 0.6) is 0 Å². The Labute approximate surface area is 252 Å². The molecular weight excluding hydrogens is 549 g/mol. The van der Waals surface area contributed by atoms with Gasteiger partial charge in [-0.1, -0.05) is 26.0 Å². The fourth-order valence-corrected chi connectivity index (χ4v) is 5.95. The highest BCUT2D eigenvalue weighted by Gasteiger charge is 2.42. The van der Waals surface area contributed by atoms with E-state index in [0.29, 0.717) is 32.6 Å². The maximum Gasteiger partial charge on any atom is 0.410 e. The molecule has 2 atom stereocenters. The number of carbonyl (C=O) groups is 2. The molecule has 2 aromatic heterocycles. The van der Waals surface area contributed by atoms with E-state index in [-0.39, 0.29) is 41.9 Å². The molecule has 0 unspecified atom stereocenters. The van der Waals surface area contributed by atoms with Gasteiger partial charge in [0.1, 0.15) is 23.6 Å². The van der Waals surface area contributed by atoms with Crippen LogP contribution in [-0.4, -0.2) is 85.4 Å². The molecule has 43 heavy (non-hydrogen) atoms. The number of carbonyl (C=O) groups excluding carboxylic acids is 2. The monoisotopic (exact) mass is 591 g/mol. The van der Waals surface area contributed by atoms with Crippen molar-refractivity contribution in [1.82, 2.24) is 29.5 Å². The fraction of sp³-hybridized carbons (Fsp3) is 0.531. The minimum absolute atomic E-state index is 0.0224. The number of aryl methyl sites for hydroxylation is 1. The number of aromatic nitrogens is 4. The Morgan fingerprint density at radius 2 is 1.81 bits per heavy atom. The number of benzene rings is 1. The van der Waals surface area contributed by atoms with Crippen molar-refractivity contribution in [3.63, 3.8) is 0 Å². The van der Waals surface area contributed by atoms with Gasteiger partial charge in [0.2, 0.25) is 5.91 Å². The number of ether oxygens (including phenoxy) is 1. The van der Waals surface area contributed by atoms with Gasteiger partial charge < -0.3 is 14.5 Å². The van der Waals surface area contributed by atoms with E-state index in [1.807, 2.05) is 56.5 Å². The number of pyridine rings is 1. The van der Waals surface area contributed by atoms with E-state index in [1.165, 1.54) is 18.5 Å². The molecule has 4 heterocycles. The van der Waals surface area contributed by atoms with E-state index in [1.54, 1.807) is 17.0 Å². The molecule has 3 aromatic rings. The molecule has 2 aliphatic rings. The Morgan fingerprint density at radius 1 is 1.09 bits per heavy atom. The van der Waals surface area contributed by atoms with Gasteiger partial charge in [-0.3, -0.25) is 14.7 Å². The molecule has 0 spiro atoms. The Morgan fingerprint density at radius 3 is 2.47 bits per heavy atom. The molecule has 1 saturated heterocycles. The van der Waals surface area contributed by atoms with E-state index in [2.05, 4.69) is 28.8 Å². The standard InChI is InChI=1S/C32H42FN7O3/c1-21-15-37(26(17-40-22(2)35-20-36-40)16-38(21)30(42)43-31(3,4)5)18-28(41)39-19-32(6,7)29-27(39)13-24(14-34-29)12-23-8-10-25(33)11-9-23/h8-11,13-14,20-21,26H,12,15-19H2,1-7H3/t21-,26-/m1/s1. The van der Waals surface area contributed by atoms with E-state index >= 15 is 0 Å². The SMILES string of the molecule is Cc1ncnn1C[C@H]1CN(C(=O)OC(C)(C)C)[C@H](C)CN1CC(=O)N1CC(C)(C)c2ncc(Cc3ccc(F)cc3)cc21. The summed E-state index contributed by atoms with van der Waals surface area (Å²) in [5.74, 6) is 0.474. The molecule has 10 nitrogen and oxygen atoms in total. The van der Waals surface area contributed by atoms with Crippen LogP contribution in [-0.2, 0) is 27.9 Å². The quantitative estimate of drug-likeness (QED) is 0.421. The predicted molar refractivity (Wildman–Crippen MR) is 161 cm³/mol. The largest absolute Gasteiger partial charge is 0.444 e. The van der Waals surface area contributed by atoms with Crippen LogP contribution in [0.1, 0.15) is 64.2 Å². The lowest BCUT2D eigenvalue weighted by molar-refractivity contribution is -0.121. The van der Waals surface area contributed by atoms with Crippen molar-refractivity contribution in [2.45, 2.75) is 84.5 Å². The van der Waals surface area contributed by atoms with Crippen molar-refractivity contribution in [2.24, 2.45) is 0 Å². The normalized spacial score (nSPS) is 20.3. The van der Waals surface area contributed by atoms with Crippen LogP contribution in [0.2, 0.25) is 0 Å². The van der Waals surface area contributed by atoms with Crippen LogP contribution in [0.4, 0.5) is 14.9 Å². The second-order valence-electron chi connectivity index (χ2n) is 13.4. The lowest BCUT2D eigenvalue weighted by atomic mass is 9.91. The molecular formula is C32H42FN7O3. The summed E-state index contributed by atoms with van der Waals surface area (Å²) < 4.78 is 21.0. The zero-order valence-corrected chi connectivity index (χ0v) is 26.2. The number of nitrogens with zero attached hydrogens (tertiary/aromatic N) is 7. The van der Waals surface area contributed by atoms with Crippen LogP contribution in [0, 0.1) is 12.7 Å². The van der Waals surface area contributed by atoms with Crippen LogP contribution in [0.25, 0.3) is 0 Å². The van der Waals surface area contributed by atoms with Crippen molar-refractivity contribution in [1.29, 1.82) is 0 Å². The van der Waals surface area contributed by atoms with Gasteiger partial charge >= 0.3 is 6.09 Å². The van der Waals surface area contributed by atoms with Gasteiger partial charge in [-0.15, -0.1) is 0 Å². The van der Waals surface area contributed by atoms with E-state index in [9.17, 15) is 14.0 Å². The Kier molecular flexibility index (Phi) is 8.30. The first-order valence-electron chi connectivity index (χ1n) is 14.8. The fourth-order valence-electron chi connectivity index (χ4n) is 5.95. The maximum absolute atomic E-state index is 14.1. The number of hydrogen-bond acceptors (Lipinski definition) is 7. The number of fused-ring (bicyclic) bond motifs is 1. The molecule has 1 aromatic carbocycles. The minimum Gasteiger partial charge on any atom is -0.444 e. The van der Waals surface area contributed by atoms with Gasteiger partial charge in [-0.25, -0.2) is 18.9 Å². The molecule has 2 amide bonds. The molecule has 0 aliphatic carbocycles. The Balaban J connectivity index is 1.37. The maximum atomic E-state index is 14.1. The number of hydrogen-bond donors (Lipinski definition) is 0. The van der Waals surface area contributed by atoms with Crippen molar-refractivity contribution in [3.8, 4) is 0 Å². The highest BCUT2D eigenvalue weighted by Crippen LogP contribution is 2.40. The van der Waals surface area contributed by atoms with Gasteiger partial charge in [0.05, 0.1) is 24.5 Å². The smallest absolute Gasteiger partial charge is 0.410 e. The third-order valence-corrected chi connectivity index (χ3v) is 8.15. The number of anilines is 1. The van der Waals surface area contributed by atoms with Crippen molar-refractivity contribution in [2.75, 3.05) is 31.1 Å². The van der Waals surface area contributed by atoms with Crippen molar-refractivity contribution < 1.29 is 18.7 Å². The van der Waals surface area contributed by atoms with E-state index in [0.717, 1.165) is 28.3 Å². The van der Waals surface area contributed by atoms with E-state index < -0.39 is 5.60 Å². The minimum atomic E-state index is -0.610. The molecule has 0 bridgehead atoms. The lowest BCUT2D eigenvalue weighted by Gasteiger charge is -2.45. The second-order valence-corrected chi connectivity index (χ2v) is 13.4.